The molecule has 0 bridgehead atoms. The molecule has 0 saturated heterocycles. The van der Waals surface area contributed by atoms with E-state index in [2.05, 4.69) is 15.1 Å². The van der Waals surface area contributed by atoms with Crippen molar-refractivity contribution < 1.29 is 4.79 Å². The molecule has 5 heterocycles. The Labute approximate surface area is 160 Å². The third-order valence-electron chi connectivity index (χ3n) is 5.64. The van der Waals surface area contributed by atoms with Crippen molar-refractivity contribution in [2.45, 2.75) is 31.3 Å². The van der Waals surface area contributed by atoms with Gasteiger partial charge in [-0.1, -0.05) is 6.07 Å². The number of carbonyl (C=O) groups excluding carboxylic acids is 1. The van der Waals surface area contributed by atoms with E-state index < -0.39 is 0 Å². The van der Waals surface area contributed by atoms with Crippen LogP contribution in [0.1, 0.15) is 52.5 Å². The zero-order chi connectivity index (χ0) is 18.7. The molecule has 1 saturated carbocycles. The van der Waals surface area contributed by atoms with Crippen molar-refractivity contribution in [3.05, 3.63) is 71.8 Å². The Kier molecular flexibility index (Phi) is 3.23. The maximum Gasteiger partial charge on any atom is 0.273 e. The maximum absolute atomic E-state index is 13.5. The normalized spacial score (nSPS) is 19.1. The number of aromatic nitrogens is 6. The minimum absolute atomic E-state index is 0.0138. The summed E-state index contributed by atoms with van der Waals surface area (Å²) in [5, 5.41) is 9.13. The number of H-pyrrole nitrogens is 1. The average molecular weight is 373 g/mol. The topological polar surface area (TPSA) is 84.1 Å². The lowest BCUT2D eigenvalue weighted by molar-refractivity contribution is 0.0673. The first-order chi connectivity index (χ1) is 13.8. The third kappa shape index (κ3) is 2.30. The van der Waals surface area contributed by atoms with Crippen molar-refractivity contribution >= 4 is 11.4 Å². The monoisotopic (exact) mass is 373 g/mol. The van der Waals surface area contributed by atoms with Gasteiger partial charge in [-0.3, -0.25) is 9.48 Å². The van der Waals surface area contributed by atoms with Crippen molar-refractivity contribution in [2.24, 2.45) is 0 Å². The summed E-state index contributed by atoms with van der Waals surface area (Å²) in [6.07, 6.45) is 8.26. The Morgan fingerprint density at radius 1 is 1.21 bits per heavy atom. The highest BCUT2D eigenvalue weighted by Gasteiger charge is 2.38. The Hall–Kier alpha value is -3.42. The van der Waals surface area contributed by atoms with Gasteiger partial charge in [0.1, 0.15) is 11.7 Å². The van der Waals surface area contributed by atoms with Gasteiger partial charge in [0, 0.05) is 31.1 Å². The molecule has 28 heavy (non-hydrogen) atoms. The molecule has 6 rings (SSSR count). The Morgan fingerprint density at radius 2 is 2.14 bits per heavy atom. The number of imidazole rings is 1. The first-order valence-corrected chi connectivity index (χ1v) is 9.60. The van der Waals surface area contributed by atoms with Crippen LogP contribution in [0.5, 0.6) is 0 Å². The van der Waals surface area contributed by atoms with Gasteiger partial charge in [-0.2, -0.15) is 10.2 Å². The van der Waals surface area contributed by atoms with Crippen molar-refractivity contribution in [1.82, 2.24) is 34.3 Å². The van der Waals surface area contributed by atoms with Crippen molar-refractivity contribution in [3.8, 4) is 0 Å². The highest BCUT2D eigenvalue weighted by Crippen LogP contribution is 2.37. The molecular formula is C20H19N7O. The van der Waals surface area contributed by atoms with E-state index >= 15 is 0 Å². The summed E-state index contributed by atoms with van der Waals surface area (Å²) in [5.74, 6) is -0.0138. The number of nitrogens with one attached hydrogen (secondary N) is 1. The number of pyridine rings is 1. The summed E-state index contributed by atoms with van der Waals surface area (Å²) >= 11 is 0. The quantitative estimate of drug-likeness (QED) is 0.598. The SMILES string of the molecule is O=C(c1ccnn1C1CC1)N1CCc2[nH]cnc2[C@@H]1c1cc2ccccn2n1. The van der Waals surface area contributed by atoms with Crippen LogP contribution in [0.4, 0.5) is 0 Å². The fraction of sp³-hybridized carbons (Fsp3) is 0.300. The summed E-state index contributed by atoms with van der Waals surface area (Å²) in [6.45, 7) is 0.614. The number of aromatic amines is 1. The zero-order valence-corrected chi connectivity index (χ0v) is 15.2. The summed E-state index contributed by atoms with van der Waals surface area (Å²) in [6, 6.07) is 9.84. The van der Waals surface area contributed by atoms with Crippen LogP contribution >= 0.6 is 0 Å². The molecular weight excluding hydrogens is 354 g/mol. The molecule has 1 fully saturated rings. The van der Waals surface area contributed by atoms with Gasteiger partial charge in [-0.15, -0.1) is 0 Å². The fourth-order valence-corrected chi connectivity index (χ4v) is 4.13. The van der Waals surface area contributed by atoms with E-state index in [1.165, 1.54) is 0 Å². The largest absolute Gasteiger partial charge is 0.348 e. The highest BCUT2D eigenvalue weighted by molar-refractivity contribution is 5.93. The predicted octanol–water partition coefficient (Wildman–Crippen LogP) is 2.38. The molecule has 1 atom stereocenters. The number of rotatable bonds is 3. The molecule has 4 aromatic heterocycles. The van der Waals surface area contributed by atoms with Crippen LogP contribution in [0.25, 0.3) is 5.52 Å². The molecule has 1 aliphatic heterocycles. The van der Waals surface area contributed by atoms with Crippen LogP contribution < -0.4 is 0 Å². The third-order valence-corrected chi connectivity index (χ3v) is 5.64. The van der Waals surface area contributed by atoms with Crippen LogP contribution in [0, 0.1) is 0 Å². The number of fused-ring (bicyclic) bond motifs is 2. The lowest BCUT2D eigenvalue weighted by atomic mass is 9.99. The standard InChI is InChI=1S/C20H19N7O/c28-20(17-6-8-23-27(17)13-4-5-13)25-10-7-15-18(22-12-21-15)19(25)16-11-14-3-1-2-9-26(14)24-16/h1-3,6,8-9,11-13,19H,4-5,7,10H2,(H,21,22)/t19-/m0/s1. The van der Waals surface area contributed by atoms with Gasteiger partial charge in [-0.05, 0) is 37.1 Å². The molecule has 1 amide bonds. The number of nitrogens with zero attached hydrogens (tertiary/aromatic N) is 6. The van der Waals surface area contributed by atoms with Gasteiger partial charge in [0.15, 0.2) is 0 Å². The van der Waals surface area contributed by atoms with Gasteiger partial charge in [0.25, 0.3) is 5.91 Å². The number of amides is 1. The zero-order valence-electron chi connectivity index (χ0n) is 15.2. The van der Waals surface area contributed by atoms with E-state index in [0.29, 0.717) is 18.3 Å². The van der Waals surface area contributed by atoms with Crippen LogP contribution in [-0.2, 0) is 6.42 Å². The molecule has 0 radical (unpaired) electrons. The van der Waals surface area contributed by atoms with Gasteiger partial charge in [-0.25, -0.2) is 9.50 Å². The van der Waals surface area contributed by atoms with Gasteiger partial charge in [0.05, 0.1) is 29.3 Å². The van der Waals surface area contributed by atoms with Gasteiger partial charge in [0.2, 0.25) is 0 Å². The van der Waals surface area contributed by atoms with Crippen molar-refractivity contribution in [2.75, 3.05) is 6.54 Å². The molecule has 0 unspecified atom stereocenters. The minimum Gasteiger partial charge on any atom is -0.348 e. The van der Waals surface area contributed by atoms with E-state index in [4.69, 9.17) is 5.10 Å². The Bertz CT molecular complexity index is 1150. The molecule has 140 valence electrons. The lowest BCUT2D eigenvalue weighted by Gasteiger charge is -2.34. The molecule has 1 aliphatic carbocycles. The Morgan fingerprint density at radius 3 is 3.00 bits per heavy atom. The van der Waals surface area contributed by atoms with Gasteiger partial charge >= 0.3 is 0 Å². The van der Waals surface area contributed by atoms with Crippen molar-refractivity contribution in [3.63, 3.8) is 0 Å². The molecule has 0 spiro atoms. The van der Waals surface area contributed by atoms with E-state index in [1.807, 2.05) is 50.6 Å². The first kappa shape index (κ1) is 15.6. The molecule has 8 heteroatoms. The first-order valence-electron chi connectivity index (χ1n) is 9.60. The highest BCUT2D eigenvalue weighted by atomic mass is 16.2. The molecule has 4 aromatic rings. The smallest absolute Gasteiger partial charge is 0.273 e. The fourth-order valence-electron chi connectivity index (χ4n) is 4.13. The van der Waals surface area contributed by atoms with Crippen LogP contribution in [0.2, 0.25) is 0 Å². The summed E-state index contributed by atoms with van der Waals surface area (Å²) in [5.41, 5.74) is 4.42. The second kappa shape index (κ2) is 5.79. The number of carbonyl (C=O) groups is 1. The van der Waals surface area contributed by atoms with Crippen LogP contribution in [-0.4, -0.2) is 46.7 Å². The second-order valence-electron chi connectivity index (χ2n) is 7.45. The maximum atomic E-state index is 13.5. The molecule has 0 aromatic carbocycles. The summed E-state index contributed by atoms with van der Waals surface area (Å²) in [7, 11) is 0. The Balaban J connectivity index is 1.46. The second-order valence-corrected chi connectivity index (χ2v) is 7.45. The predicted molar refractivity (Wildman–Crippen MR) is 101 cm³/mol. The van der Waals surface area contributed by atoms with E-state index in [9.17, 15) is 4.79 Å². The van der Waals surface area contributed by atoms with E-state index in [-0.39, 0.29) is 11.9 Å². The summed E-state index contributed by atoms with van der Waals surface area (Å²) in [4.78, 5) is 23.2. The van der Waals surface area contributed by atoms with Crippen LogP contribution in [0.3, 0.4) is 0 Å². The minimum atomic E-state index is -0.315. The number of hydrogen-bond acceptors (Lipinski definition) is 4. The molecule has 1 N–H and O–H groups in total. The lowest BCUT2D eigenvalue weighted by Crippen LogP contribution is -2.41. The average Bonchev–Trinajstić information content (AvgIpc) is 3.14. The van der Waals surface area contributed by atoms with E-state index in [1.54, 1.807) is 12.5 Å². The van der Waals surface area contributed by atoms with Crippen molar-refractivity contribution in [1.29, 1.82) is 0 Å². The summed E-state index contributed by atoms with van der Waals surface area (Å²) < 4.78 is 3.72. The van der Waals surface area contributed by atoms with Gasteiger partial charge < -0.3 is 9.88 Å². The molecule has 2 aliphatic rings. The molecule has 8 nitrogen and oxygen atoms in total. The number of hydrogen-bond donors (Lipinski definition) is 1. The van der Waals surface area contributed by atoms with Crippen LogP contribution in [0.15, 0.2) is 49.1 Å². The van der Waals surface area contributed by atoms with E-state index in [0.717, 1.165) is 41.9 Å².